The molecule has 36 heavy (non-hydrogen) atoms. The van der Waals surface area contributed by atoms with E-state index < -0.39 is 29.3 Å². The van der Waals surface area contributed by atoms with Crippen LogP contribution in [0.25, 0.3) is 23.3 Å². The maximum Gasteiger partial charge on any atom is 0.404 e. The van der Waals surface area contributed by atoms with Gasteiger partial charge in [-0.25, -0.2) is 9.18 Å². The summed E-state index contributed by atoms with van der Waals surface area (Å²) in [5.41, 5.74) is 11.3. The molecule has 5 heteroatoms. The summed E-state index contributed by atoms with van der Waals surface area (Å²) in [6, 6.07) is 16.5. The zero-order valence-electron chi connectivity index (χ0n) is 20.4. The molecule has 3 aliphatic rings. The fraction of sp³-hybridized carbons (Fsp3) is 0.290. The van der Waals surface area contributed by atoms with E-state index >= 15 is 0 Å². The molecule has 3 aromatic rings. The van der Waals surface area contributed by atoms with Crippen LogP contribution in [0.5, 0.6) is 0 Å². The summed E-state index contributed by atoms with van der Waals surface area (Å²) >= 11 is 0. The van der Waals surface area contributed by atoms with Crippen LogP contribution in [0.15, 0.2) is 54.6 Å². The summed E-state index contributed by atoms with van der Waals surface area (Å²) in [6.45, 7) is 3.95. The molecule has 0 aliphatic heterocycles. The monoisotopic (exact) mass is 481 g/mol. The number of primary amides is 1. The number of Topliss-reactive ketones (excluding diaryl/α,β-unsaturated/α-hetero) is 1. The fourth-order valence-electron chi connectivity index (χ4n) is 6.00. The van der Waals surface area contributed by atoms with Gasteiger partial charge in [0, 0.05) is 11.0 Å². The van der Waals surface area contributed by atoms with Crippen LogP contribution < -0.4 is 16.2 Å². The van der Waals surface area contributed by atoms with E-state index in [1.54, 1.807) is 0 Å². The fourth-order valence-corrected chi connectivity index (χ4v) is 6.00. The highest BCUT2D eigenvalue weighted by Gasteiger charge is 2.45. The summed E-state index contributed by atoms with van der Waals surface area (Å²) in [7, 11) is 0. The smallest absolute Gasteiger partial charge is 0.404 e. The predicted molar refractivity (Wildman–Crippen MR) is 137 cm³/mol. The lowest BCUT2D eigenvalue weighted by Crippen LogP contribution is -2.54. The Morgan fingerprint density at radius 3 is 2.39 bits per heavy atom. The predicted octanol–water partition coefficient (Wildman–Crippen LogP) is 4.74. The van der Waals surface area contributed by atoms with Crippen molar-refractivity contribution in [2.24, 2.45) is 11.7 Å². The second-order valence-electron chi connectivity index (χ2n) is 10.7. The number of amides is 1. The molecule has 0 radical (unpaired) electrons. The van der Waals surface area contributed by atoms with Crippen LogP contribution in [0.3, 0.4) is 0 Å². The standard InChI is InChI=1S/C31H28FNO3/c1-31(2)27-14-13-23-22-11-7-19(17-3-4-17)15-20(22)8-12-24(23)25(27)16-26(29(31)36-30(33)35)28(34)18-5-9-21(32)10-6-18/h5-7,9-17,26,29H,3-4,8H2,1-2H3,(H2,33,35). The van der Waals surface area contributed by atoms with Crippen LogP contribution in [0, 0.1) is 11.7 Å². The second kappa shape index (κ2) is 8.16. The average Bonchev–Trinajstić information content (AvgIpc) is 3.70. The Balaban J connectivity index is 1.53. The molecule has 0 heterocycles. The van der Waals surface area contributed by atoms with E-state index in [-0.39, 0.29) is 5.78 Å². The van der Waals surface area contributed by atoms with Gasteiger partial charge in [-0.05, 0) is 87.7 Å². The summed E-state index contributed by atoms with van der Waals surface area (Å²) in [5.74, 6) is -0.705. The summed E-state index contributed by atoms with van der Waals surface area (Å²) < 4.78 is 19.1. The number of rotatable bonds is 4. The molecule has 0 aromatic heterocycles. The van der Waals surface area contributed by atoms with E-state index in [4.69, 9.17) is 10.5 Å². The number of ether oxygens (including phenoxy) is 1. The molecular weight excluding hydrogens is 453 g/mol. The first-order valence-electron chi connectivity index (χ1n) is 12.5. The summed E-state index contributed by atoms with van der Waals surface area (Å²) in [6.07, 6.45) is 5.81. The van der Waals surface area contributed by atoms with Gasteiger partial charge in [0.2, 0.25) is 0 Å². The van der Waals surface area contributed by atoms with Crippen molar-refractivity contribution in [2.45, 2.75) is 50.5 Å². The van der Waals surface area contributed by atoms with Crippen molar-refractivity contribution in [3.8, 4) is 11.1 Å². The molecule has 0 bridgehead atoms. The Hall–Kier alpha value is -3.73. The van der Waals surface area contributed by atoms with Crippen LogP contribution in [0.1, 0.15) is 59.7 Å². The van der Waals surface area contributed by atoms with Crippen molar-refractivity contribution < 1.29 is 18.7 Å². The van der Waals surface area contributed by atoms with Gasteiger partial charge in [0.25, 0.3) is 0 Å². The molecule has 2 unspecified atom stereocenters. The quantitative estimate of drug-likeness (QED) is 0.547. The number of hydrogen-bond donors (Lipinski definition) is 1. The Kier molecular flexibility index (Phi) is 5.15. The molecule has 3 aromatic carbocycles. The molecule has 1 fully saturated rings. The third-order valence-corrected chi connectivity index (χ3v) is 8.03. The topological polar surface area (TPSA) is 69.4 Å². The zero-order chi connectivity index (χ0) is 25.2. The highest BCUT2D eigenvalue weighted by molar-refractivity contribution is 6.02. The summed E-state index contributed by atoms with van der Waals surface area (Å²) in [4.78, 5) is 25.6. The van der Waals surface area contributed by atoms with Gasteiger partial charge in [-0.1, -0.05) is 56.3 Å². The van der Waals surface area contributed by atoms with Gasteiger partial charge in [0.05, 0.1) is 5.92 Å². The first-order valence-corrected chi connectivity index (χ1v) is 12.5. The third-order valence-electron chi connectivity index (χ3n) is 8.03. The Morgan fingerprint density at radius 2 is 1.69 bits per heavy atom. The van der Waals surface area contributed by atoms with Crippen LogP contribution >= 0.6 is 0 Å². The van der Waals surface area contributed by atoms with Gasteiger partial charge in [-0.15, -0.1) is 0 Å². The van der Waals surface area contributed by atoms with E-state index in [0.717, 1.165) is 28.0 Å². The second-order valence-corrected chi connectivity index (χ2v) is 10.7. The molecule has 6 rings (SSSR count). The van der Waals surface area contributed by atoms with Crippen molar-refractivity contribution in [2.75, 3.05) is 0 Å². The van der Waals surface area contributed by atoms with Gasteiger partial charge < -0.3 is 10.5 Å². The van der Waals surface area contributed by atoms with Gasteiger partial charge in [0.15, 0.2) is 5.78 Å². The lowest BCUT2D eigenvalue weighted by atomic mass is 9.67. The van der Waals surface area contributed by atoms with Crippen molar-refractivity contribution in [1.29, 1.82) is 0 Å². The number of halogens is 1. The number of hydrogen-bond acceptors (Lipinski definition) is 3. The number of fused-ring (bicyclic) bond motifs is 5. The lowest BCUT2D eigenvalue weighted by Gasteiger charge is -2.41. The molecule has 182 valence electrons. The van der Waals surface area contributed by atoms with E-state index in [2.05, 4.69) is 36.4 Å². The first kappa shape index (κ1) is 22.7. The van der Waals surface area contributed by atoms with Gasteiger partial charge in [0.1, 0.15) is 11.9 Å². The average molecular weight is 482 g/mol. The molecule has 1 amide bonds. The molecule has 0 saturated heterocycles. The number of ketones is 1. The van der Waals surface area contributed by atoms with E-state index in [9.17, 15) is 14.0 Å². The Morgan fingerprint density at radius 1 is 0.972 bits per heavy atom. The minimum absolute atomic E-state index is 0.233. The maximum absolute atomic E-state index is 13.7. The van der Waals surface area contributed by atoms with Crippen LogP contribution in [-0.2, 0) is 16.6 Å². The molecule has 4 nitrogen and oxygen atoms in total. The maximum atomic E-state index is 13.7. The Labute approximate surface area is 209 Å². The van der Waals surface area contributed by atoms with E-state index in [0.29, 0.717) is 11.5 Å². The summed E-state index contributed by atoms with van der Waals surface area (Å²) in [5, 5.41) is 2.08. The molecule has 1 saturated carbocycles. The number of nitrogens with two attached hydrogens (primary N) is 1. The van der Waals surface area contributed by atoms with E-state index in [1.807, 2.05) is 19.9 Å². The van der Waals surface area contributed by atoms with Crippen LogP contribution in [0.4, 0.5) is 9.18 Å². The largest absolute Gasteiger partial charge is 0.444 e. The number of benzene rings is 3. The first-order chi connectivity index (χ1) is 17.2. The molecule has 2 N–H and O–H groups in total. The highest BCUT2D eigenvalue weighted by Crippen LogP contribution is 2.42. The normalized spacial score (nSPS) is 21.2. The highest BCUT2D eigenvalue weighted by atomic mass is 19.1. The van der Waals surface area contributed by atoms with Crippen LogP contribution in [0.2, 0.25) is 0 Å². The van der Waals surface area contributed by atoms with Crippen molar-refractivity contribution in [3.63, 3.8) is 0 Å². The van der Waals surface area contributed by atoms with E-state index in [1.165, 1.54) is 53.8 Å². The molecular formula is C31H28FNO3. The zero-order valence-corrected chi connectivity index (χ0v) is 20.4. The van der Waals surface area contributed by atoms with Crippen molar-refractivity contribution in [3.05, 3.63) is 93.1 Å². The van der Waals surface area contributed by atoms with Gasteiger partial charge >= 0.3 is 6.09 Å². The van der Waals surface area contributed by atoms with Crippen LogP contribution in [-0.4, -0.2) is 18.0 Å². The molecule has 3 aliphatic carbocycles. The lowest BCUT2D eigenvalue weighted by molar-refractivity contribution is 0.0342. The third kappa shape index (κ3) is 3.65. The minimum atomic E-state index is -0.924. The molecule has 0 spiro atoms. The van der Waals surface area contributed by atoms with Gasteiger partial charge in [-0.2, -0.15) is 0 Å². The minimum Gasteiger partial charge on any atom is -0.444 e. The van der Waals surface area contributed by atoms with Gasteiger partial charge in [-0.3, -0.25) is 4.79 Å². The number of carbonyl (C=O) groups is 2. The number of carbonyl (C=O) groups excluding carboxylic acids is 2. The van der Waals surface area contributed by atoms with Crippen molar-refractivity contribution in [1.82, 2.24) is 0 Å². The van der Waals surface area contributed by atoms with Crippen molar-refractivity contribution >= 4 is 24.0 Å². The molecule has 2 atom stereocenters. The SMILES string of the molecule is CC1(C)c2ccc3c(c2=CC(C(=O)c2ccc(F)cc2)C1OC(N)=O)=CCc1cc(C2CC2)ccc1-3. The Bertz CT molecular complexity index is 1530.